The predicted molar refractivity (Wildman–Crippen MR) is 62.9 cm³/mol. The zero-order valence-corrected chi connectivity index (χ0v) is 11.3. The van der Waals surface area contributed by atoms with E-state index in [0.717, 1.165) is 0 Å². The number of carbonyl (C=O) groups is 1. The lowest BCUT2D eigenvalue weighted by Crippen LogP contribution is -2.49. The number of Topliss-reactive ketones (excluding diaryl/α,β-unsaturated/α-hetero) is 1. The molecule has 0 radical (unpaired) electrons. The van der Waals surface area contributed by atoms with Gasteiger partial charge in [-0.05, 0) is 0 Å². The lowest BCUT2D eigenvalue weighted by atomic mass is 9.87. The Hall–Kier alpha value is -0.460. The Balaban J connectivity index is 4.89. The summed E-state index contributed by atoms with van der Waals surface area (Å²) in [5.74, 6) is -0.805. The minimum Gasteiger partial charge on any atom is -0.304 e. The summed E-state index contributed by atoms with van der Waals surface area (Å²) in [5, 5.41) is 2.85. The first-order chi connectivity index (χ1) is 6.93. The van der Waals surface area contributed by atoms with Crippen molar-refractivity contribution < 1.29 is 17.8 Å². The molecule has 0 aliphatic rings. The molecule has 0 aromatic carbocycles. The minimum atomic E-state index is -4.16. The SMILES string of the molecule is CC(C)N[C@@H](CS(=O)(=O)O)C(=O)C(C)(C)C. The van der Waals surface area contributed by atoms with Gasteiger partial charge < -0.3 is 5.32 Å². The zero-order valence-electron chi connectivity index (χ0n) is 10.4. The van der Waals surface area contributed by atoms with Crippen molar-refractivity contribution in [1.29, 1.82) is 0 Å². The van der Waals surface area contributed by atoms with Gasteiger partial charge in [-0.3, -0.25) is 9.35 Å². The van der Waals surface area contributed by atoms with Gasteiger partial charge in [0.05, 0.1) is 11.8 Å². The standard InChI is InChI=1S/C10H21NO4S/c1-7(2)11-8(6-16(13,14)15)9(12)10(3,4)5/h7-8,11H,6H2,1-5H3,(H,13,14,15)/t8-/m0/s1. The van der Waals surface area contributed by atoms with Gasteiger partial charge in [-0.1, -0.05) is 34.6 Å². The summed E-state index contributed by atoms with van der Waals surface area (Å²) >= 11 is 0. The second-order valence-electron chi connectivity index (χ2n) is 5.24. The molecular weight excluding hydrogens is 230 g/mol. The van der Waals surface area contributed by atoms with Crippen LogP contribution in [0.2, 0.25) is 0 Å². The van der Waals surface area contributed by atoms with Crippen LogP contribution >= 0.6 is 0 Å². The summed E-state index contributed by atoms with van der Waals surface area (Å²) in [5.41, 5.74) is -0.642. The molecule has 0 heterocycles. The van der Waals surface area contributed by atoms with Crippen molar-refractivity contribution in [2.75, 3.05) is 5.75 Å². The Morgan fingerprint density at radius 1 is 1.31 bits per heavy atom. The highest BCUT2D eigenvalue weighted by atomic mass is 32.2. The van der Waals surface area contributed by atoms with Crippen molar-refractivity contribution in [2.45, 2.75) is 46.7 Å². The molecule has 0 aliphatic carbocycles. The molecule has 0 aromatic heterocycles. The fourth-order valence-electron chi connectivity index (χ4n) is 1.34. The molecule has 0 saturated heterocycles. The largest absolute Gasteiger partial charge is 0.304 e. The number of hydrogen-bond donors (Lipinski definition) is 2. The fraction of sp³-hybridized carbons (Fsp3) is 0.900. The summed E-state index contributed by atoms with van der Waals surface area (Å²) in [6.45, 7) is 8.77. The Kier molecular flexibility index (Phi) is 5.10. The first kappa shape index (κ1) is 15.5. The summed E-state index contributed by atoms with van der Waals surface area (Å²) in [6.07, 6.45) is 0. The van der Waals surface area contributed by atoms with Crippen molar-refractivity contribution in [1.82, 2.24) is 5.32 Å². The van der Waals surface area contributed by atoms with Crippen LogP contribution in [0.4, 0.5) is 0 Å². The molecule has 2 N–H and O–H groups in total. The van der Waals surface area contributed by atoms with Crippen LogP contribution in [0.5, 0.6) is 0 Å². The smallest absolute Gasteiger partial charge is 0.266 e. The maximum absolute atomic E-state index is 11.9. The Morgan fingerprint density at radius 2 is 1.75 bits per heavy atom. The molecule has 0 rings (SSSR count). The van der Waals surface area contributed by atoms with E-state index in [9.17, 15) is 13.2 Å². The van der Waals surface area contributed by atoms with Gasteiger partial charge in [0, 0.05) is 11.5 Å². The Labute approximate surface area is 97.4 Å². The van der Waals surface area contributed by atoms with E-state index in [0.29, 0.717) is 0 Å². The maximum Gasteiger partial charge on any atom is 0.266 e. The van der Waals surface area contributed by atoms with Gasteiger partial charge in [-0.2, -0.15) is 8.42 Å². The van der Waals surface area contributed by atoms with Crippen LogP contribution in [-0.4, -0.2) is 36.6 Å². The number of ketones is 1. The highest BCUT2D eigenvalue weighted by Crippen LogP contribution is 2.17. The van der Waals surface area contributed by atoms with Crippen LogP contribution in [0.15, 0.2) is 0 Å². The van der Waals surface area contributed by atoms with Gasteiger partial charge in [0.25, 0.3) is 10.1 Å². The van der Waals surface area contributed by atoms with Gasteiger partial charge >= 0.3 is 0 Å². The summed E-state index contributed by atoms with van der Waals surface area (Å²) in [6, 6.07) is -0.895. The van der Waals surface area contributed by atoms with E-state index in [1.165, 1.54) is 0 Å². The Morgan fingerprint density at radius 3 is 2.00 bits per heavy atom. The third-order valence-electron chi connectivity index (χ3n) is 1.97. The van der Waals surface area contributed by atoms with Gasteiger partial charge in [-0.25, -0.2) is 0 Å². The third-order valence-corrected chi connectivity index (χ3v) is 2.72. The van der Waals surface area contributed by atoms with E-state index in [2.05, 4.69) is 5.32 Å². The molecule has 0 aromatic rings. The summed E-state index contributed by atoms with van der Waals surface area (Å²) in [7, 11) is -4.16. The molecule has 5 nitrogen and oxygen atoms in total. The van der Waals surface area contributed by atoms with E-state index in [-0.39, 0.29) is 11.8 Å². The number of hydrogen-bond acceptors (Lipinski definition) is 4. The quantitative estimate of drug-likeness (QED) is 0.708. The van der Waals surface area contributed by atoms with E-state index in [1.54, 1.807) is 20.8 Å². The lowest BCUT2D eigenvalue weighted by molar-refractivity contribution is -0.128. The molecule has 0 spiro atoms. The van der Waals surface area contributed by atoms with E-state index < -0.39 is 27.3 Å². The van der Waals surface area contributed by atoms with Crippen LogP contribution in [-0.2, 0) is 14.9 Å². The molecule has 96 valence electrons. The predicted octanol–water partition coefficient (Wildman–Crippen LogP) is 0.856. The van der Waals surface area contributed by atoms with Gasteiger partial charge in [0.2, 0.25) is 0 Å². The second-order valence-corrected chi connectivity index (χ2v) is 6.73. The van der Waals surface area contributed by atoms with Crippen molar-refractivity contribution >= 4 is 15.9 Å². The normalized spacial score (nSPS) is 15.2. The van der Waals surface area contributed by atoms with Crippen LogP contribution < -0.4 is 5.32 Å². The van der Waals surface area contributed by atoms with Gasteiger partial charge in [0.1, 0.15) is 0 Å². The second kappa shape index (κ2) is 5.25. The number of carbonyl (C=O) groups excluding carboxylic acids is 1. The molecule has 0 unspecified atom stereocenters. The minimum absolute atomic E-state index is 0.0296. The van der Waals surface area contributed by atoms with E-state index in [1.807, 2.05) is 13.8 Å². The van der Waals surface area contributed by atoms with Crippen molar-refractivity contribution in [3.8, 4) is 0 Å². The van der Waals surface area contributed by atoms with Crippen molar-refractivity contribution in [2.24, 2.45) is 5.41 Å². The maximum atomic E-state index is 11.9. The molecule has 6 heteroatoms. The van der Waals surface area contributed by atoms with Crippen molar-refractivity contribution in [3.63, 3.8) is 0 Å². The van der Waals surface area contributed by atoms with Gasteiger partial charge in [-0.15, -0.1) is 0 Å². The van der Waals surface area contributed by atoms with Crippen molar-refractivity contribution in [3.05, 3.63) is 0 Å². The van der Waals surface area contributed by atoms with Crippen LogP contribution in [0.1, 0.15) is 34.6 Å². The fourth-order valence-corrected chi connectivity index (χ4v) is 2.00. The lowest BCUT2D eigenvalue weighted by Gasteiger charge is -2.26. The highest BCUT2D eigenvalue weighted by Gasteiger charge is 2.32. The van der Waals surface area contributed by atoms with E-state index in [4.69, 9.17) is 4.55 Å². The van der Waals surface area contributed by atoms with Crippen LogP contribution in [0.3, 0.4) is 0 Å². The van der Waals surface area contributed by atoms with Gasteiger partial charge in [0.15, 0.2) is 5.78 Å². The first-order valence-electron chi connectivity index (χ1n) is 5.19. The van der Waals surface area contributed by atoms with E-state index >= 15 is 0 Å². The molecular formula is C10H21NO4S. The molecule has 0 fully saturated rings. The summed E-state index contributed by atoms with van der Waals surface area (Å²) in [4.78, 5) is 11.9. The molecule has 16 heavy (non-hydrogen) atoms. The topological polar surface area (TPSA) is 83.5 Å². The molecule has 1 atom stereocenters. The highest BCUT2D eigenvalue weighted by molar-refractivity contribution is 7.85. The van der Waals surface area contributed by atoms with Crippen LogP contribution in [0.25, 0.3) is 0 Å². The third kappa shape index (κ3) is 6.19. The molecule has 0 saturated carbocycles. The average molecular weight is 251 g/mol. The monoisotopic (exact) mass is 251 g/mol. The summed E-state index contributed by atoms with van der Waals surface area (Å²) < 4.78 is 30.4. The van der Waals surface area contributed by atoms with Crippen LogP contribution in [0, 0.1) is 5.41 Å². The number of nitrogens with one attached hydrogen (secondary N) is 1. The Bertz CT molecular complexity index is 340. The molecule has 0 aliphatic heterocycles. The zero-order chi connectivity index (χ0) is 13.1. The average Bonchev–Trinajstić information content (AvgIpc) is 1.96. The molecule has 0 amide bonds. The first-order valence-corrected chi connectivity index (χ1v) is 6.80. The number of rotatable bonds is 5. The molecule has 0 bridgehead atoms.